The van der Waals surface area contributed by atoms with Gasteiger partial charge in [-0.2, -0.15) is 0 Å². The first-order valence-electron chi connectivity index (χ1n) is 9.71. The fourth-order valence-corrected chi connectivity index (χ4v) is 3.84. The number of hydrogen-bond donors (Lipinski definition) is 2. The molecule has 0 radical (unpaired) electrons. The van der Waals surface area contributed by atoms with Gasteiger partial charge in [0.15, 0.2) is 11.5 Å². The Morgan fingerprint density at radius 2 is 1.67 bits per heavy atom. The van der Waals surface area contributed by atoms with Crippen molar-refractivity contribution in [3.05, 3.63) is 59.7 Å². The molecule has 0 spiro atoms. The van der Waals surface area contributed by atoms with E-state index in [-0.39, 0.29) is 0 Å². The van der Waals surface area contributed by atoms with Crippen molar-refractivity contribution < 1.29 is 19.1 Å². The molecule has 2 amide bonds. The van der Waals surface area contributed by atoms with Gasteiger partial charge in [0.05, 0.1) is 19.9 Å². The van der Waals surface area contributed by atoms with Crippen molar-refractivity contribution >= 4 is 34.0 Å². The zero-order chi connectivity index (χ0) is 21.3. The van der Waals surface area contributed by atoms with E-state index in [2.05, 4.69) is 5.32 Å². The second-order valence-corrected chi connectivity index (χ2v) is 6.92. The van der Waals surface area contributed by atoms with Crippen LogP contribution in [0.5, 0.6) is 11.5 Å². The van der Waals surface area contributed by atoms with E-state index >= 15 is 0 Å². The Labute approximate surface area is 174 Å². The van der Waals surface area contributed by atoms with Gasteiger partial charge in [-0.3, -0.25) is 9.59 Å². The zero-order valence-corrected chi connectivity index (χ0v) is 16.9. The predicted molar refractivity (Wildman–Crippen MR) is 117 cm³/mol. The van der Waals surface area contributed by atoms with E-state index in [1.54, 1.807) is 30.3 Å². The van der Waals surface area contributed by atoms with Gasteiger partial charge < -0.3 is 20.5 Å². The van der Waals surface area contributed by atoms with Crippen molar-refractivity contribution in [2.75, 3.05) is 37.5 Å². The summed E-state index contributed by atoms with van der Waals surface area (Å²) in [6.45, 7) is 1.30. The molecule has 0 saturated carbocycles. The third-order valence-electron chi connectivity index (χ3n) is 5.23. The first kappa shape index (κ1) is 19.7. The van der Waals surface area contributed by atoms with Gasteiger partial charge >= 0.3 is 0 Å². The van der Waals surface area contributed by atoms with Crippen LogP contribution in [0, 0.1) is 0 Å². The highest BCUT2D eigenvalue weighted by Crippen LogP contribution is 2.42. The van der Waals surface area contributed by atoms with Crippen molar-refractivity contribution in [2.45, 2.75) is 6.42 Å². The molecule has 7 nitrogen and oxygen atoms in total. The first-order chi connectivity index (χ1) is 14.6. The number of nitrogens with two attached hydrogens (primary N) is 1. The predicted octanol–water partition coefficient (Wildman–Crippen LogP) is 3.42. The van der Waals surface area contributed by atoms with Crippen molar-refractivity contribution in [1.82, 2.24) is 0 Å². The van der Waals surface area contributed by atoms with E-state index in [1.807, 2.05) is 18.2 Å². The molecular weight excluding hydrogens is 382 g/mol. The van der Waals surface area contributed by atoms with Crippen LogP contribution in [0.4, 0.5) is 11.4 Å². The highest BCUT2D eigenvalue weighted by Gasteiger charge is 2.36. The topological polar surface area (TPSA) is 93.9 Å². The number of ether oxygens (including phenoxy) is 2. The number of benzene rings is 3. The number of carbonyl (C=O) groups is 2. The summed E-state index contributed by atoms with van der Waals surface area (Å²) in [4.78, 5) is 28.0. The number of carbonyl (C=O) groups excluding carboxylic acids is 2. The zero-order valence-electron chi connectivity index (χ0n) is 16.9. The number of rotatable bonds is 7. The molecule has 30 heavy (non-hydrogen) atoms. The molecule has 3 N–H and O–H groups in total. The molecule has 1 heterocycles. The Balaban J connectivity index is 1.86. The monoisotopic (exact) mass is 405 g/mol. The third-order valence-corrected chi connectivity index (χ3v) is 5.23. The second kappa shape index (κ2) is 8.04. The SMILES string of the molecule is COc1cccc(N2C(=O)c3cccc4c(NCCCN)ccc(c34)C2=O)c1OC. The molecule has 3 aromatic carbocycles. The first-order valence-corrected chi connectivity index (χ1v) is 9.71. The molecule has 0 atom stereocenters. The average molecular weight is 405 g/mol. The Morgan fingerprint density at radius 3 is 2.37 bits per heavy atom. The molecule has 0 bridgehead atoms. The van der Waals surface area contributed by atoms with Crippen LogP contribution in [0.1, 0.15) is 27.1 Å². The van der Waals surface area contributed by atoms with Gasteiger partial charge in [0, 0.05) is 34.1 Å². The number of hydrogen-bond acceptors (Lipinski definition) is 6. The van der Waals surface area contributed by atoms with E-state index in [0.717, 1.165) is 22.4 Å². The lowest BCUT2D eigenvalue weighted by atomic mass is 9.92. The van der Waals surface area contributed by atoms with Crippen LogP contribution in [0.2, 0.25) is 0 Å². The number of para-hydroxylation sites is 1. The fourth-order valence-electron chi connectivity index (χ4n) is 3.84. The van der Waals surface area contributed by atoms with Crippen molar-refractivity contribution in [1.29, 1.82) is 0 Å². The van der Waals surface area contributed by atoms with Crippen molar-refractivity contribution in [3.8, 4) is 11.5 Å². The molecule has 7 heteroatoms. The summed E-state index contributed by atoms with van der Waals surface area (Å²) in [5.41, 5.74) is 7.73. The summed E-state index contributed by atoms with van der Waals surface area (Å²) < 4.78 is 10.8. The second-order valence-electron chi connectivity index (χ2n) is 6.92. The number of methoxy groups -OCH3 is 2. The number of nitrogens with zero attached hydrogens (tertiary/aromatic N) is 1. The molecule has 0 unspecified atom stereocenters. The average Bonchev–Trinajstić information content (AvgIpc) is 2.77. The fraction of sp³-hybridized carbons (Fsp3) is 0.217. The van der Waals surface area contributed by atoms with Crippen LogP contribution in [0.25, 0.3) is 10.8 Å². The van der Waals surface area contributed by atoms with Gasteiger partial charge in [0.25, 0.3) is 11.8 Å². The van der Waals surface area contributed by atoms with Gasteiger partial charge in [-0.15, -0.1) is 0 Å². The minimum absolute atomic E-state index is 0.331. The summed E-state index contributed by atoms with van der Waals surface area (Å²) >= 11 is 0. The Morgan fingerprint density at radius 1 is 0.933 bits per heavy atom. The molecule has 0 aliphatic carbocycles. The Kier molecular flexibility index (Phi) is 5.29. The molecule has 1 aliphatic rings. The number of amides is 2. The number of imide groups is 1. The van der Waals surface area contributed by atoms with Gasteiger partial charge in [-0.05, 0) is 43.3 Å². The van der Waals surface area contributed by atoms with Crippen LogP contribution in [0.15, 0.2) is 48.5 Å². The van der Waals surface area contributed by atoms with E-state index in [0.29, 0.717) is 46.8 Å². The van der Waals surface area contributed by atoms with E-state index in [9.17, 15) is 9.59 Å². The van der Waals surface area contributed by atoms with Crippen LogP contribution in [-0.4, -0.2) is 39.1 Å². The Bertz CT molecular complexity index is 1120. The molecule has 4 rings (SSSR count). The van der Waals surface area contributed by atoms with Gasteiger partial charge in [-0.25, -0.2) is 4.90 Å². The summed E-state index contributed by atoms with van der Waals surface area (Å²) in [7, 11) is 2.99. The van der Waals surface area contributed by atoms with Gasteiger partial charge in [-0.1, -0.05) is 18.2 Å². The highest BCUT2D eigenvalue weighted by atomic mass is 16.5. The summed E-state index contributed by atoms with van der Waals surface area (Å²) in [6, 6.07) is 14.2. The van der Waals surface area contributed by atoms with Crippen LogP contribution in [-0.2, 0) is 0 Å². The van der Waals surface area contributed by atoms with Crippen LogP contribution in [0.3, 0.4) is 0 Å². The van der Waals surface area contributed by atoms with Crippen molar-refractivity contribution in [2.24, 2.45) is 5.73 Å². The van der Waals surface area contributed by atoms with Gasteiger partial charge in [0.2, 0.25) is 0 Å². The highest BCUT2D eigenvalue weighted by molar-refractivity contribution is 6.36. The lowest BCUT2D eigenvalue weighted by Crippen LogP contribution is -2.40. The third kappa shape index (κ3) is 3.04. The van der Waals surface area contributed by atoms with E-state index in [1.165, 1.54) is 14.2 Å². The molecule has 0 fully saturated rings. The van der Waals surface area contributed by atoms with Crippen molar-refractivity contribution in [3.63, 3.8) is 0 Å². The number of anilines is 2. The molecule has 0 aromatic heterocycles. The summed E-state index contributed by atoms with van der Waals surface area (Å²) in [5, 5.41) is 4.83. The van der Waals surface area contributed by atoms with Gasteiger partial charge in [0.1, 0.15) is 0 Å². The molecular formula is C23H23N3O4. The maximum absolute atomic E-state index is 13.4. The minimum atomic E-state index is -0.399. The molecule has 0 saturated heterocycles. The maximum Gasteiger partial charge on any atom is 0.266 e. The maximum atomic E-state index is 13.4. The largest absolute Gasteiger partial charge is 0.493 e. The van der Waals surface area contributed by atoms with Crippen LogP contribution < -0.4 is 25.4 Å². The molecule has 154 valence electrons. The molecule has 3 aromatic rings. The van der Waals surface area contributed by atoms with E-state index in [4.69, 9.17) is 15.2 Å². The summed E-state index contributed by atoms with van der Waals surface area (Å²) in [6.07, 6.45) is 0.824. The smallest absolute Gasteiger partial charge is 0.266 e. The lowest BCUT2D eigenvalue weighted by Gasteiger charge is -2.29. The number of nitrogens with one attached hydrogen (secondary N) is 1. The normalized spacial score (nSPS) is 13.0. The Hall–Kier alpha value is -3.58. The standard InChI is InChI=1S/C23H23N3O4/c1-29-19-9-4-8-18(21(19)30-2)26-22(27)15-7-3-6-14-17(25-13-5-12-24)11-10-16(20(14)15)23(26)28/h3-4,6-11,25H,5,12-13,24H2,1-2H3. The summed E-state index contributed by atoms with van der Waals surface area (Å²) in [5.74, 6) is -0.0241. The quantitative estimate of drug-likeness (QED) is 0.462. The van der Waals surface area contributed by atoms with Crippen LogP contribution >= 0.6 is 0 Å². The van der Waals surface area contributed by atoms with E-state index < -0.39 is 11.8 Å². The lowest BCUT2D eigenvalue weighted by molar-refractivity contribution is 0.0892. The molecule has 1 aliphatic heterocycles. The minimum Gasteiger partial charge on any atom is -0.493 e.